The average Bonchev–Trinajstić information content (AvgIpc) is 2.55. The van der Waals surface area contributed by atoms with Crippen molar-refractivity contribution in [2.75, 3.05) is 7.05 Å². The van der Waals surface area contributed by atoms with Gasteiger partial charge in [0.1, 0.15) is 6.04 Å². The van der Waals surface area contributed by atoms with Crippen molar-refractivity contribution in [1.29, 1.82) is 0 Å². The van der Waals surface area contributed by atoms with Crippen molar-refractivity contribution in [1.82, 2.24) is 0 Å². The standard InChI is InChI=1S/C20H23ClN/c1-4-15(2)22(3)14-13-16-9-5-6-10-17(16)20(22)18-11-7-8-12-19(18)21/h5-15,20H,4H2,1-3H3/q+1. The lowest BCUT2D eigenvalue weighted by Gasteiger charge is -2.45. The Kier molecular flexibility index (Phi) is 4.12. The van der Waals surface area contributed by atoms with Gasteiger partial charge in [-0.15, -0.1) is 0 Å². The summed E-state index contributed by atoms with van der Waals surface area (Å²) in [5.41, 5.74) is 3.87. The molecule has 3 atom stereocenters. The zero-order chi connectivity index (χ0) is 15.7. The van der Waals surface area contributed by atoms with E-state index in [9.17, 15) is 0 Å². The molecular weight excluding hydrogens is 290 g/mol. The highest BCUT2D eigenvalue weighted by Crippen LogP contribution is 2.44. The van der Waals surface area contributed by atoms with Crippen LogP contribution in [-0.2, 0) is 0 Å². The van der Waals surface area contributed by atoms with E-state index >= 15 is 0 Å². The summed E-state index contributed by atoms with van der Waals surface area (Å²) in [6.45, 7) is 4.58. The van der Waals surface area contributed by atoms with Crippen LogP contribution >= 0.6 is 11.6 Å². The molecule has 0 saturated carbocycles. The molecule has 0 fully saturated rings. The van der Waals surface area contributed by atoms with Gasteiger partial charge in [-0.05, 0) is 31.1 Å². The molecule has 3 unspecified atom stereocenters. The Morgan fingerprint density at radius 2 is 1.68 bits per heavy atom. The second kappa shape index (κ2) is 5.91. The van der Waals surface area contributed by atoms with Gasteiger partial charge in [-0.25, -0.2) is 0 Å². The summed E-state index contributed by atoms with van der Waals surface area (Å²) in [4.78, 5) is 0. The molecule has 0 spiro atoms. The zero-order valence-corrected chi connectivity index (χ0v) is 14.2. The minimum absolute atomic E-state index is 0.241. The van der Waals surface area contributed by atoms with E-state index in [2.05, 4.69) is 69.6 Å². The van der Waals surface area contributed by atoms with Crippen LogP contribution in [-0.4, -0.2) is 17.6 Å². The topological polar surface area (TPSA) is 0 Å². The van der Waals surface area contributed by atoms with Gasteiger partial charge in [0.15, 0.2) is 0 Å². The van der Waals surface area contributed by atoms with Crippen LogP contribution in [0.25, 0.3) is 6.08 Å². The van der Waals surface area contributed by atoms with Gasteiger partial charge in [-0.2, -0.15) is 0 Å². The molecule has 3 rings (SSSR count). The van der Waals surface area contributed by atoms with Crippen molar-refractivity contribution in [2.45, 2.75) is 32.4 Å². The minimum atomic E-state index is 0.241. The molecular formula is C20H23ClN+. The highest BCUT2D eigenvalue weighted by molar-refractivity contribution is 6.31. The molecule has 0 amide bonds. The Balaban J connectivity index is 2.24. The predicted molar refractivity (Wildman–Crippen MR) is 94.7 cm³/mol. The minimum Gasteiger partial charge on any atom is -0.287 e. The molecule has 2 aromatic rings. The third-order valence-corrected chi connectivity index (χ3v) is 5.51. The van der Waals surface area contributed by atoms with Crippen molar-refractivity contribution in [3.05, 3.63) is 76.4 Å². The second-order valence-electron chi connectivity index (χ2n) is 6.35. The van der Waals surface area contributed by atoms with Crippen LogP contribution in [0.4, 0.5) is 0 Å². The van der Waals surface area contributed by atoms with Crippen LogP contribution in [0.5, 0.6) is 0 Å². The van der Waals surface area contributed by atoms with Crippen LogP contribution in [0.15, 0.2) is 54.7 Å². The van der Waals surface area contributed by atoms with Crippen molar-refractivity contribution >= 4 is 17.7 Å². The van der Waals surface area contributed by atoms with E-state index in [0.29, 0.717) is 6.04 Å². The molecule has 0 aliphatic carbocycles. The summed E-state index contributed by atoms with van der Waals surface area (Å²) < 4.78 is 0.858. The molecule has 114 valence electrons. The summed E-state index contributed by atoms with van der Waals surface area (Å²) in [6.07, 6.45) is 5.73. The maximum atomic E-state index is 6.57. The first kappa shape index (κ1) is 15.3. The van der Waals surface area contributed by atoms with Crippen molar-refractivity contribution < 1.29 is 4.48 Å². The molecule has 2 aromatic carbocycles. The maximum Gasteiger partial charge on any atom is 0.147 e. The highest BCUT2D eigenvalue weighted by atomic mass is 35.5. The first-order chi connectivity index (χ1) is 10.6. The van der Waals surface area contributed by atoms with Gasteiger partial charge in [0, 0.05) is 11.1 Å². The fourth-order valence-electron chi connectivity index (χ4n) is 3.50. The predicted octanol–water partition coefficient (Wildman–Crippen LogP) is 5.66. The van der Waals surface area contributed by atoms with Crippen LogP contribution in [0.2, 0.25) is 5.02 Å². The number of quaternary nitrogens is 1. The van der Waals surface area contributed by atoms with E-state index in [0.717, 1.165) is 15.9 Å². The smallest absolute Gasteiger partial charge is 0.147 e. The van der Waals surface area contributed by atoms with E-state index in [4.69, 9.17) is 11.6 Å². The van der Waals surface area contributed by atoms with Crippen LogP contribution in [0.1, 0.15) is 43.0 Å². The van der Waals surface area contributed by atoms with Gasteiger partial charge < -0.3 is 0 Å². The van der Waals surface area contributed by atoms with Crippen LogP contribution in [0, 0.1) is 0 Å². The summed E-state index contributed by atoms with van der Waals surface area (Å²) in [6, 6.07) is 17.7. The van der Waals surface area contributed by atoms with Gasteiger partial charge in [0.2, 0.25) is 0 Å². The van der Waals surface area contributed by atoms with Crippen LogP contribution in [0.3, 0.4) is 0 Å². The molecule has 0 radical (unpaired) electrons. The molecule has 1 heterocycles. The number of hydrogen-bond acceptors (Lipinski definition) is 0. The monoisotopic (exact) mass is 312 g/mol. The molecule has 0 N–H and O–H groups in total. The lowest BCUT2D eigenvalue weighted by atomic mass is 9.87. The lowest BCUT2D eigenvalue weighted by molar-refractivity contribution is -0.908. The highest BCUT2D eigenvalue weighted by Gasteiger charge is 2.41. The zero-order valence-electron chi connectivity index (χ0n) is 13.5. The Morgan fingerprint density at radius 3 is 2.36 bits per heavy atom. The molecule has 22 heavy (non-hydrogen) atoms. The van der Waals surface area contributed by atoms with Gasteiger partial charge >= 0.3 is 0 Å². The summed E-state index contributed by atoms with van der Waals surface area (Å²) >= 11 is 6.57. The number of nitrogens with zero attached hydrogens (tertiary/aromatic N) is 1. The number of halogens is 1. The molecule has 0 aromatic heterocycles. The number of fused-ring (bicyclic) bond motifs is 1. The van der Waals surface area contributed by atoms with Gasteiger partial charge in [0.25, 0.3) is 0 Å². The molecule has 1 aliphatic rings. The van der Waals surface area contributed by atoms with E-state index in [-0.39, 0.29) is 6.04 Å². The van der Waals surface area contributed by atoms with Crippen LogP contribution < -0.4 is 0 Å². The fourth-order valence-corrected chi connectivity index (χ4v) is 3.74. The Hall–Kier alpha value is -1.57. The van der Waals surface area contributed by atoms with Crippen molar-refractivity contribution in [2.24, 2.45) is 0 Å². The number of benzene rings is 2. The van der Waals surface area contributed by atoms with E-state index < -0.39 is 0 Å². The third kappa shape index (κ3) is 2.39. The molecule has 1 aliphatic heterocycles. The summed E-state index contributed by atoms with van der Waals surface area (Å²) in [5.74, 6) is 0. The molecule has 1 nitrogen and oxygen atoms in total. The molecule has 0 saturated heterocycles. The number of rotatable bonds is 3. The number of hydrogen-bond donors (Lipinski definition) is 0. The van der Waals surface area contributed by atoms with E-state index in [1.54, 1.807) is 0 Å². The lowest BCUT2D eigenvalue weighted by Crippen LogP contribution is -2.50. The van der Waals surface area contributed by atoms with Gasteiger partial charge in [-0.3, -0.25) is 4.48 Å². The Bertz CT molecular complexity index is 706. The SMILES string of the molecule is CCC(C)[N+]1(C)C=Cc2ccccc2C1c1ccccc1Cl. The normalized spacial score (nSPS) is 24.8. The Labute approximate surface area is 138 Å². The summed E-state index contributed by atoms with van der Waals surface area (Å²) in [5, 5.41) is 0.852. The second-order valence-corrected chi connectivity index (χ2v) is 6.75. The van der Waals surface area contributed by atoms with E-state index in [1.807, 2.05) is 12.1 Å². The van der Waals surface area contributed by atoms with E-state index in [1.165, 1.54) is 16.7 Å². The maximum absolute atomic E-state index is 6.57. The van der Waals surface area contributed by atoms with Crippen molar-refractivity contribution in [3.63, 3.8) is 0 Å². The quantitative estimate of drug-likeness (QED) is 0.642. The Morgan fingerprint density at radius 1 is 1.05 bits per heavy atom. The van der Waals surface area contributed by atoms with Gasteiger partial charge in [-0.1, -0.05) is 61.0 Å². The molecule has 0 bridgehead atoms. The molecule has 2 heteroatoms. The third-order valence-electron chi connectivity index (χ3n) is 5.16. The largest absolute Gasteiger partial charge is 0.287 e. The average molecular weight is 313 g/mol. The van der Waals surface area contributed by atoms with Crippen molar-refractivity contribution in [3.8, 4) is 0 Å². The summed E-state index contributed by atoms with van der Waals surface area (Å²) in [7, 11) is 2.31. The van der Waals surface area contributed by atoms with Gasteiger partial charge in [0.05, 0.1) is 24.3 Å². The first-order valence-electron chi connectivity index (χ1n) is 7.96. The first-order valence-corrected chi connectivity index (χ1v) is 8.34. The fraction of sp³-hybridized carbons (Fsp3) is 0.300.